The average molecular weight is 261 g/mol. The number of halogens is 3. The summed E-state index contributed by atoms with van der Waals surface area (Å²) in [6, 6.07) is 1.94. The van der Waals surface area contributed by atoms with Gasteiger partial charge in [0.2, 0.25) is 0 Å². The van der Waals surface area contributed by atoms with E-state index in [4.69, 9.17) is 5.73 Å². The third kappa shape index (κ3) is 3.87. The quantitative estimate of drug-likeness (QED) is 0.856. The molecule has 0 unspecified atom stereocenters. The van der Waals surface area contributed by atoms with E-state index in [9.17, 15) is 13.2 Å². The first kappa shape index (κ1) is 14.8. The van der Waals surface area contributed by atoms with Gasteiger partial charge in [-0.05, 0) is 25.0 Å². The summed E-state index contributed by atoms with van der Waals surface area (Å²) < 4.78 is 37.5. The molecular weight excluding hydrogens is 243 g/mol. The molecule has 0 aromatic carbocycles. The van der Waals surface area contributed by atoms with E-state index < -0.39 is 17.3 Å². The van der Waals surface area contributed by atoms with Gasteiger partial charge in [0.05, 0.1) is 5.56 Å². The topological polar surface area (TPSA) is 50.9 Å². The monoisotopic (exact) mass is 261 g/mol. The van der Waals surface area contributed by atoms with Crippen LogP contribution in [0.4, 0.5) is 19.0 Å². The second-order valence-electron chi connectivity index (χ2n) is 4.35. The summed E-state index contributed by atoms with van der Waals surface area (Å²) in [6.45, 7) is 4.30. The lowest BCUT2D eigenvalue weighted by Gasteiger charge is -2.27. The Morgan fingerprint density at radius 3 is 2.39 bits per heavy atom. The molecule has 0 aliphatic carbocycles. The van der Waals surface area contributed by atoms with E-state index >= 15 is 0 Å². The maximum absolute atomic E-state index is 12.5. The van der Waals surface area contributed by atoms with Gasteiger partial charge in [-0.25, -0.2) is 4.98 Å². The number of alkyl halides is 3. The molecule has 1 rings (SSSR count). The van der Waals surface area contributed by atoms with Crippen molar-refractivity contribution in [3.05, 3.63) is 23.9 Å². The summed E-state index contributed by atoms with van der Waals surface area (Å²) in [5.74, 6) is 0.196. The number of pyridine rings is 1. The van der Waals surface area contributed by atoms with Crippen LogP contribution in [0.3, 0.4) is 0 Å². The van der Waals surface area contributed by atoms with Crippen molar-refractivity contribution in [3.8, 4) is 0 Å². The van der Waals surface area contributed by atoms with Crippen LogP contribution in [0.15, 0.2) is 18.3 Å². The van der Waals surface area contributed by atoms with E-state index in [0.29, 0.717) is 6.54 Å². The fourth-order valence-electron chi connectivity index (χ4n) is 1.47. The van der Waals surface area contributed by atoms with Crippen LogP contribution in [0.5, 0.6) is 0 Å². The lowest BCUT2D eigenvalue weighted by molar-refractivity contribution is -0.137. The Morgan fingerprint density at radius 2 is 1.89 bits per heavy atom. The Labute approximate surface area is 105 Å². The van der Waals surface area contributed by atoms with Crippen molar-refractivity contribution in [1.82, 2.24) is 4.98 Å². The summed E-state index contributed by atoms with van der Waals surface area (Å²) in [7, 11) is 0. The maximum atomic E-state index is 12.5. The molecule has 1 heterocycles. The van der Waals surface area contributed by atoms with Crippen molar-refractivity contribution in [2.45, 2.75) is 38.4 Å². The Morgan fingerprint density at radius 1 is 1.28 bits per heavy atom. The molecule has 0 saturated carbocycles. The molecule has 0 radical (unpaired) electrons. The first-order chi connectivity index (χ1) is 8.30. The first-order valence-corrected chi connectivity index (χ1v) is 5.87. The van der Waals surface area contributed by atoms with Gasteiger partial charge in [0.15, 0.2) is 0 Å². The van der Waals surface area contributed by atoms with E-state index in [1.165, 1.54) is 0 Å². The highest BCUT2D eigenvalue weighted by molar-refractivity contribution is 5.39. The lowest BCUT2D eigenvalue weighted by atomic mass is 9.94. The highest BCUT2D eigenvalue weighted by Gasteiger charge is 2.30. The molecule has 0 bridgehead atoms. The molecule has 6 heteroatoms. The van der Waals surface area contributed by atoms with Crippen LogP contribution in [0, 0.1) is 0 Å². The molecule has 3 nitrogen and oxygen atoms in total. The second kappa shape index (κ2) is 5.56. The van der Waals surface area contributed by atoms with E-state index in [2.05, 4.69) is 10.3 Å². The van der Waals surface area contributed by atoms with Crippen LogP contribution in [0.2, 0.25) is 0 Å². The molecule has 0 aliphatic rings. The zero-order valence-electron chi connectivity index (χ0n) is 10.5. The van der Waals surface area contributed by atoms with Crippen molar-refractivity contribution >= 4 is 5.82 Å². The Kier molecular flexibility index (Phi) is 4.56. The molecule has 0 fully saturated rings. The molecule has 102 valence electrons. The number of nitrogens with one attached hydrogen (secondary N) is 1. The molecule has 0 saturated heterocycles. The van der Waals surface area contributed by atoms with Gasteiger partial charge < -0.3 is 11.1 Å². The van der Waals surface area contributed by atoms with Gasteiger partial charge >= 0.3 is 6.18 Å². The van der Waals surface area contributed by atoms with E-state index in [0.717, 1.165) is 31.2 Å². The second-order valence-corrected chi connectivity index (χ2v) is 4.35. The zero-order chi connectivity index (χ0) is 13.8. The van der Waals surface area contributed by atoms with Crippen LogP contribution in [0.25, 0.3) is 0 Å². The molecular formula is C12H18F3N3. The van der Waals surface area contributed by atoms with Gasteiger partial charge in [0, 0.05) is 18.3 Å². The van der Waals surface area contributed by atoms with Gasteiger partial charge in [-0.1, -0.05) is 13.8 Å². The van der Waals surface area contributed by atoms with Crippen LogP contribution in [0.1, 0.15) is 32.3 Å². The number of aromatic nitrogens is 1. The van der Waals surface area contributed by atoms with E-state index in [1.807, 2.05) is 13.8 Å². The van der Waals surface area contributed by atoms with Crippen molar-refractivity contribution in [2.75, 3.05) is 11.9 Å². The smallest absolute Gasteiger partial charge is 0.368 e. The molecule has 1 aromatic rings. The van der Waals surface area contributed by atoms with Gasteiger partial charge in [0.1, 0.15) is 5.82 Å². The number of hydrogen-bond acceptors (Lipinski definition) is 3. The highest BCUT2D eigenvalue weighted by Crippen LogP contribution is 2.30. The third-order valence-corrected chi connectivity index (χ3v) is 3.12. The van der Waals surface area contributed by atoms with Gasteiger partial charge in [0.25, 0.3) is 0 Å². The normalized spacial score (nSPS) is 12.6. The third-order valence-electron chi connectivity index (χ3n) is 3.12. The summed E-state index contributed by atoms with van der Waals surface area (Å²) >= 11 is 0. The number of hydrogen-bond donors (Lipinski definition) is 2. The molecule has 18 heavy (non-hydrogen) atoms. The minimum Gasteiger partial charge on any atom is -0.368 e. The fourth-order valence-corrected chi connectivity index (χ4v) is 1.47. The number of rotatable bonds is 5. The largest absolute Gasteiger partial charge is 0.416 e. The van der Waals surface area contributed by atoms with Gasteiger partial charge in [-0.2, -0.15) is 13.2 Å². The Hall–Kier alpha value is -1.30. The number of anilines is 1. The average Bonchev–Trinajstić information content (AvgIpc) is 2.35. The zero-order valence-corrected chi connectivity index (χ0v) is 10.5. The molecule has 0 aliphatic heterocycles. The Bertz CT molecular complexity index is 386. The molecule has 3 N–H and O–H groups in total. The predicted molar refractivity (Wildman–Crippen MR) is 65.2 cm³/mol. The Balaban J connectivity index is 2.75. The van der Waals surface area contributed by atoms with Crippen molar-refractivity contribution in [1.29, 1.82) is 0 Å². The number of nitrogens with two attached hydrogens (primary N) is 1. The van der Waals surface area contributed by atoms with Crippen LogP contribution in [-0.2, 0) is 6.18 Å². The minimum absolute atomic E-state index is 0.196. The van der Waals surface area contributed by atoms with Gasteiger partial charge in [-0.3, -0.25) is 0 Å². The van der Waals surface area contributed by atoms with Crippen LogP contribution >= 0.6 is 0 Å². The summed E-state index contributed by atoms with van der Waals surface area (Å²) in [4.78, 5) is 3.86. The summed E-state index contributed by atoms with van der Waals surface area (Å²) in [5.41, 5.74) is 4.92. The molecule has 1 aromatic heterocycles. The fraction of sp³-hybridized carbons (Fsp3) is 0.583. The SMILES string of the molecule is CCC(N)(CC)CNc1cc(C(F)(F)F)ccn1. The minimum atomic E-state index is -4.35. The first-order valence-electron chi connectivity index (χ1n) is 5.87. The summed E-state index contributed by atoms with van der Waals surface area (Å²) in [6.07, 6.45) is -1.72. The highest BCUT2D eigenvalue weighted by atomic mass is 19.4. The van der Waals surface area contributed by atoms with Crippen LogP contribution in [-0.4, -0.2) is 17.1 Å². The van der Waals surface area contributed by atoms with Crippen LogP contribution < -0.4 is 11.1 Å². The molecule has 0 atom stereocenters. The molecule has 0 amide bonds. The molecule has 0 spiro atoms. The number of nitrogens with zero attached hydrogens (tertiary/aromatic N) is 1. The maximum Gasteiger partial charge on any atom is 0.416 e. The van der Waals surface area contributed by atoms with Crippen molar-refractivity contribution in [2.24, 2.45) is 5.73 Å². The van der Waals surface area contributed by atoms with E-state index in [1.54, 1.807) is 0 Å². The van der Waals surface area contributed by atoms with Crippen molar-refractivity contribution < 1.29 is 13.2 Å². The standard InChI is InChI=1S/C12H18F3N3/c1-3-11(16,4-2)8-18-10-7-9(5-6-17-10)12(13,14)15/h5-7H,3-4,8,16H2,1-2H3,(H,17,18). The van der Waals surface area contributed by atoms with Crippen molar-refractivity contribution in [3.63, 3.8) is 0 Å². The predicted octanol–water partition coefficient (Wildman–Crippen LogP) is 3.03. The van der Waals surface area contributed by atoms with Gasteiger partial charge in [-0.15, -0.1) is 0 Å². The van der Waals surface area contributed by atoms with E-state index in [-0.39, 0.29) is 5.82 Å². The summed E-state index contributed by atoms with van der Waals surface area (Å²) in [5, 5.41) is 2.86. The lowest BCUT2D eigenvalue weighted by Crippen LogP contribution is -2.45.